The molecule has 2 fully saturated rings. The summed E-state index contributed by atoms with van der Waals surface area (Å²) in [6, 6.07) is 20.7. The van der Waals surface area contributed by atoms with E-state index in [1.807, 2.05) is 37.3 Å². The van der Waals surface area contributed by atoms with Crippen molar-refractivity contribution in [2.45, 2.75) is 26.0 Å². The highest BCUT2D eigenvalue weighted by Gasteiger charge is 2.45. The number of ketones is 1. The lowest BCUT2D eigenvalue weighted by atomic mass is 9.94. The molecule has 1 atom stereocenters. The van der Waals surface area contributed by atoms with Crippen LogP contribution in [-0.2, 0) is 20.9 Å². The first kappa shape index (κ1) is 27.4. The Balaban J connectivity index is 1.41. The van der Waals surface area contributed by atoms with Gasteiger partial charge in [-0.2, -0.15) is 0 Å². The minimum absolute atomic E-state index is 0.0411. The number of Topliss-reactive ketones (excluding diaryl/α,β-unsaturated/α-hetero) is 1. The molecule has 208 valence electrons. The van der Waals surface area contributed by atoms with Gasteiger partial charge in [0.15, 0.2) is 0 Å². The van der Waals surface area contributed by atoms with Gasteiger partial charge in [-0.15, -0.1) is 0 Å². The van der Waals surface area contributed by atoms with E-state index in [4.69, 9.17) is 9.47 Å². The van der Waals surface area contributed by atoms with Crippen molar-refractivity contribution < 1.29 is 29.3 Å². The molecule has 0 aromatic heterocycles. The minimum atomic E-state index is -0.764. The number of hydrogen-bond acceptors (Lipinski definition) is 7. The molecule has 40 heavy (non-hydrogen) atoms. The van der Waals surface area contributed by atoms with Gasteiger partial charge in [0.05, 0.1) is 24.8 Å². The Labute approximate surface area is 234 Å². The van der Waals surface area contributed by atoms with Crippen LogP contribution in [0.25, 0.3) is 5.76 Å². The summed E-state index contributed by atoms with van der Waals surface area (Å²) in [6.07, 6.45) is 0.675. The summed E-state index contributed by atoms with van der Waals surface area (Å²) in [7, 11) is 0. The summed E-state index contributed by atoms with van der Waals surface area (Å²) in [6.45, 7) is 6.46. The number of ether oxygens (including phenoxy) is 2. The molecule has 8 heteroatoms. The first-order chi connectivity index (χ1) is 19.4. The molecule has 2 aliphatic rings. The normalized spacial score (nSPS) is 19.2. The second kappa shape index (κ2) is 12.4. The van der Waals surface area contributed by atoms with Crippen LogP contribution in [-0.4, -0.2) is 71.1 Å². The molecule has 0 unspecified atom stereocenters. The predicted octanol–water partition coefficient (Wildman–Crippen LogP) is 4.42. The van der Waals surface area contributed by atoms with Crippen LogP contribution in [0, 0.1) is 6.92 Å². The number of likely N-dealkylation sites (tertiary alicyclic amines) is 1. The number of hydrogen-bond donors (Lipinski definition) is 2. The highest BCUT2D eigenvalue weighted by atomic mass is 16.5. The Bertz CT molecular complexity index is 1380. The number of phenolic OH excluding ortho intramolecular Hbond substituents is 1. The van der Waals surface area contributed by atoms with Crippen molar-refractivity contribution in [1.82, 2.24) is 9.80 Å². The fourth-order valence-corrected chi connectivity index (χ4v) is 5.25. The number of rotatable bonds is 9. The molecule has 0 radical (unpaired) electrons. The van der Waals surface area contributed by atoms with Crippen LogP contribution in [0.4, 0.5) is 0 Å². The standard InChI is InChI=1S/C32H34N2O6/c1-22-20-25(10-13-27(22)40-21-23-6-3-2-4-7-23)30(36)28-29(24-8-11-26(35)12-9-24)34(32(38)31(28)37)15-5-14-33-16-18-39-19-17-33/h2-4,6-13,20,29,35-36H,5,14-19,21H2,1H3/b30-28+/t29-/m0/s1. The topological polar surface area (TPSA) is 99.5 Å². The smallest absolute Gasteiger partial charge is 0.295 e. The van der Waals surface area contributed by atoms with Gasteiger partial charge in [0.2, 0.25) is 0 Å². The van der Waals surface area contributed by atoms with E-state index in [0.29, 0.717) is 49.7 Å². The summed E-state index contributed by atoms with van der Waals surface area (Å²) in [5.74, 6) is -0.844. The van der Waals surface area contributed by atoms with Crippen molar-refractivity contribution in [1.29, 1.82) is 0 Å². The summed E-state index contributed by atoms with van der Waals surface area (Å²) < 4.78 is 11.4. The number of aliphatic hydroxyl groups excluding tert-OH is 1. The van der Waals surface area contributed by atoms with Gasteiger partial charge < -0.3 is 24.6 Å². The summed E-state index contributed by atoms with van der Waals surface area (Å²) in [5, 5.41) is 21.3. The van der Waals surface area contributed by atoms with Crippen molar-refractivity contribution in [3.05, 3.63) is 101 Å². The lowest BCUT2D eigenvalue weighted by Gasteiger charge is -2.29. The molecule has 2 heterocycles. The molecular formula is C32H34N2O6. The van der Waals surface area contributed by atoms with E-state index >= 15 is 0 Å². The van der Waals surface area contributed by atoms with E-state index < -0.39 is 17.7 Å². The van der Waals surface area contributed by atoms with Crippen LogP contribution in [0.2, 0.25) is 0 Å². The Morgan fingerprint density at radius 2 is 1.70 bits per heavy atom. The molecule has 0 aliphatic carbocycles. The van der Waals surface area contributed by atoms with E-state index in [-0.39, 0.29) is 17.1 Å². The summed E-state index contributed by atoms with van der Waals surface area (Å²) in [5.41, 5.74) is 2.95. The number of aliphatic hydroxyl groups is 1. The van der Waals surface area contributed by atoms with Gasteiger partial charge in [-0.3, -0.25) is 14.5 Å². The fraction of sp³-hybridized carbons (Fsp3) is 0.312. The Morgan fingerprint density at radius 1 is 0.975 bits per heavy atom. The lowest BCUT2D eigenvalue weighted by Crippen LogP contribution is -2.38. The number of nitrogens with zero attached hydrogens (tertiary/aromatic N) is 2. The molecule has 8 nitrogen and oxygen atoms in total. The molecule has 5 rings (SSSR count). The van der Waals surface area contributed by atoms with Crippen LogP contribution < -0.4 is 4.74 Å². The Morgan fingerprint density at radius 3 is 2.40 bits per heavy atom. The highest BCUT2D eigenvalue weighted by molar-refractivity contribution is 6.46. The van der Waals surface area contributed by atoms with E-state index in [1.54, 1.807) is 30.3 Å². The Kier molecular flexibility index (Phi) is 8.48. The van der Waals surface area contributed by atoms with Gasteiger partial charge in [0, 0.05) is 31.7 Å². The van der Waals surface area contributed by atoms with Gasteiger partial charge in [-0.1, -0.05) is 42.5 Å². The number of amides is 1. The summed E-state index contributed by atoms with van der Waals surface area (Å²) in [4.78, 5) is 30.4. The quantitative estimate of drug-likeness (QED) is 0.235. The van der Waals surface area contributed by atoms with Crippen LogP contribution in [0.5, 0.6) is 11.5 Å². The van der Waals surface area contributed by atoms with Crippen LogP contribution in [0.3, 0.4) is 0 Å². The maximum Gasteiger partial charge on any atom is 0.295 e. The average molecular weight is 543 g/mol. The number of benzene rings is 3. The molecule has 2 aliphatic heterocycles. The maximum absolute atomic E-state index is 13.3. The molecule has 2 saturated heterocycles. The Hall–Kier alpha value is -4.14. The third kappa shape index (κ3) is 6.03. The minimum Gasteiger partial charge on any atom is -0.508 e. The first-order valence-corrected chi connectivity index (χ1v) is 13.6. The summed E-state index contributed by atoms with van der Waals surface area (Å²) >= 11 is 0. The third-order valence-corrected chi connectivity index (χ3v) is 7.41. The van der Waals surface area contributed by atoms with E-state index in [9.17, 15) is 19.8 Å². The number of morpholine rings is 1. The van der Waals surface area contributed by atoms with Crippen LogP contribution in [0.15, 0.2) is 78.4 Å². The monoisotopic (exact) mass is 542 g/mol. The second-order valence-corrected chi connectivity index (χ2v) is 10.1. The second-order valence-electron chi connectivity index (χ2n) is 10.1. The van der Waals surface area contributed by atoms with Crippen LogP contribution in [0.1, 0.15) is 34.7 Å². The van der Waals surface area contributed by atoms with E-state index in [1.165, 1.54) is 17.0 Å². The predicted molar refractivity (Wildman–Crippen MR) is 151 cm³/mol. The number of phenols is 1. The van der Waals surface area contributed by atoms with Crippen molar-refractivity contribution in [3.63, 3.8) is 0 Å². The van der Waals surface area contributed by atoms with Gasteiger partial charge >= 0.3 is 0 Å². The number of carbonyl (C=O) groups excluding carboxylic acids is 2. The zero-order valence-corrected chi connectivity index (χ0v) is 22.6. The van der Waals surface area contributed by atoms with Crippen molar-refractivity contribution in [2.75, 3.05) is 39.4 Å². The van der Waals surface area contributed by atoms with Gasteiger partial charge in [-0.05, 0) is 60.4 Å². The van der Waals surface area contributed by atoms with Gasteiger partial charge in [0.1, 0.15) is 23.9 Å². The van der Waals surface area contributed by atoms with E-state index in [0.717, 1.165) is 30.8 Å². The molecule has 0 spiro atoms. The van der Waals surface area contributed by atoms with Crippen LogP contribution >= 0.6 is 0 Å². The zero-order valence-electron chi connectivity index (χ0n) is 22.6. The maximum atomic E-state index is 13.3. The number of carbonyl (C=O) groups is 2. The third-order valence-electron chi connectivity index (χ3n) is 7.41. The fourth-order valence-electron chi connectivity index (χ4n) is 5.25. The highest BCUT2D eigenvalue weighted by Crippen LogP contribution is 2.40. The largest absolute Gasteiger partial charge is 0.508 e. The molecule has 0 bridgehead atoms. The van der Waals surface area contributed by atoms with Crippen molar-refractivity contribution in [2.24, 2.45) is 0 Å². The zero-order chi connectivity index (χ0) is 28.1. The molecule has 0 saturated carbocycles. The first-order valence-electron chi connectivity index (χ1n) is 13.6. The van der Waals surface area contributed by atoms with Crippen molar-refractivity contribution >= 4 is 17.4 Å². The number of aromatic hydroxyl groups is 1. The van der Waals surface area contributed by atoms with Gasteiger partial charge in [-0.25, -0.2) is 0 Å². The average Bonchev–Trinajstić information content (AvgIpc) is 3.22. The lowest BCUT2D eigenvalue weighted by molar-refractivity contribution is -0.140. The molecule has 3 aromatic rings. The molecule has 2 N–H and O–H groups in total. The molecule has 1 amide bonds. The SMILES string of the molecule is Cc1cc(/C(O)=C2\C(=O)C(=O)N(CCCN3CCOCC3)[C@H]2c2ccc(O)cc2)ccc1OCc1ccccc1. The number of aryl methyl sites for hydroxylation is 1. The molecule has 3 aromatic carbocycles. The molecular weight excluding hydrogens is 508 g/mol. The van der Waals surface area contributed by atoms with Crippen molar-refractivity contribution in [3.8, 4) is 11.5 Å². The van der Waals surface area contributed by atoms with Gasteiger partial charge in [0.25, 0.3) is 11.7 Å². The van der Waals surface area contributed by atoms with E-state index in [2.05, 4.69) is 4.90 Å².